The van der Waals surface area contributed by atoms with Crippen molar-refractivity contribution in [1.29, 1.82) is 0 Å². The fraction of sp³-hybridized carbons (Fsp3) is 0.435. The van der Waals surface area contributed by atoms with Crippen molar-refractivity contribution in [3.05, 3.63) is 54.1 Å². The van der Waals surface area contributed by atoms with Crippen LogP contribution in [0.4, 0.5) is 0 Å². The molecule has 3 aromatic rings. The van der Waals surface area contributed by atoms with Gasteiger partial charge in [-0.2, -0.15) is 4.68 Å². The van der Waals surface area contributed by atoms with Crippen molar-refractivity contribution in [2.45, 2.75) is 58.0 Å². The van der Waals surface area contributed by atoms with Crippen molar-refractivity contribution < 1.29 is 21.9 Å². The highest BCUT2D eigenvalue weighted by Crippen LogP contribution is 2.32. The van der Waals surface area contributed by atoms with Crippen LogP contribution >= 0.6 is 0 Å². The fourth-order valence-corrected chi connectivity index (χ4v) is 3.83. The van der Waals surface area contributed by atoms with Gasteiger partial charge in [-0.1, -0.05) is 55.0 Å². The van der Waals surface area contributed by atoms with E-state index in [0.29, 0.717) is 30.2 Å². The van der Waals surface area contributed by atoms with Crippen molar-refractivity contribution in [1.82, 2.24) is 25.5 Å². The molecule has 31 heavy (non-hydrogen) atoms. The first kappa shape index (κ1) is 23.0. The summed E-state index contributed by atoms with van der Waals surface area (Å²) in [5.74, 6) is 1.29. The number of benzene rings is 2. The quantitative estimate of drug-likeness (QED) is 0.535. The standard InChI is InChI=1S/C23H29N5O2.ClH/c1-2-29-22-16-18(17-24-19-10-6-3-4-7-11-19)14-15-21(22)30-23-25-26-27-28(23)20-12-8-5-9-13-20;/h5,8-9,12-16,19,24H,2-4,6-7,10-11,17H2,1H3;1H/p-1. The Morgan fingerprint density at radius 1 is 1.00 bits per heavy atom. The van der Waals surface area contributed by atoms with Gasteiger partial charge in [0.15, 0.2) is 11.5 Å². The Morgan fingerprint density at radius 3 is 2.52 bits per heavy atom. The summed E-state index contributed by atoms with van der Waals surface area (Å²) in [6, 6.07) is 16.6. The van der Waals surface area contributed by atoms with E-state index in [1.54, 1.807) is 4.68 Å². The molecule has 0 unspecified atom stereocenters. The molecule has 1 saturated carbocycles. The molecular formula is C23H29ClN5O2-. The Balaban J connectivity index is 0.00000272. The molecule has 2 aromatic carbocycles. The van der Waals surface area contributed by atoms with Crippen LogP contribution in [0.1, 0.15) is 51.0 Å². The zero-order chi connectivity index (χ0) is 20.6. The van der Waals surface area contributed by atoms with Gasteiger partial charge in [-0.25, -0.2) is 0 Å². The number of aromatic nitrogens is 4. The van der Waals surface area contributed by atoms with E-state index in [0.717, 1.165) is 12.2 Å². The molecule has 1 fully saturated rings. The first-order valence-electron chi connectivity index (χ1n) is 10.8. The number of para-hydroxylation sites is 1. The highest BCUT2D eigenvalue weighted by Gasteiger charge is 2.16. The Hall–Kier alpha value is -2.64. The average Bonchev–Trinajstić information content (AvgIpc) is 3.08. The molecule has 1 aliphatic rings. The molecule has 8 heteroatoms. The lowest BCUT2D eigenvalue weighted by Crippen LogP contribution is -3.00. The van der Waals surface area contributed by atoms with Crippen LogP contribution in [0.25, 0.3) is 5.69 Å². The van der Waals surface area contributed by atoms with Crippen LogP contribution in [0, 0.1) is 0 Å². The predicted octanol–water partition coefficient (Wildman–Crippen LogP) is 1.67. The molecule has 0 radical (unpaired) electrons. The second kappa shape index (κ2) is 11.7. The summed E-state index contributed by atoms with van der Waals surface area (Å²) in [6.07, 6.45) is 7.90. The molecule has 0 aliphatic heterocycles. The predicted molar refractivity (Wildman–Crippen MR) is 115 cm³/mol. The minimum atomic E-state index is 0. The van der Waals surface area contributed by atoms with E-state index in [9.17, 15) is 0 Å². The van der Waals surface area contributed by atoms with Gasteiger partial charge in [-0.3, -0.25) is 0 Å². The molecule has 166 valence electrons. The van der Waals surface area contributed by atoms with Gasteiger partial charge in [-0.05, 0) is 60.0 Å². The summed E-state index contributed by atoms with van der Waals surface area (Å²) in [7, 11) is 0. The molecule has 0 bridgehead atoms. The molecule has 0 saturated heterocycles. The highest BCUT2D eigenvalue weighted by atomic mass is 35.5. The smallest absolute Gasteiger partial charge is 0.346 e. The number of nitrogens with one attached hydrogen (secondary N) is 1. The number of hydrogen-bond acceptors (Lipinski definition) is 6. The molecule has 0 amide bonds. The van der Waals surface area contributed by atoms with E-state index in [2.05, 4.69) is 26.9 Å². The zero-order valence-corrected chi connectivity index (χ0v) is 18.6. The number of rotatable bonds is 8. The van der Waals surface area contributed by atoms with Gasteiger partial charge in [-0.15, -0.1) is 0 Å². The lowest BCUT2D eigenvalue weighted by molar-refractivity contribution is -0.00000738. The molecule has 0 atom stereocenters. The molecule has 1 N–H and O–H groups in total. The molecule has 0 spiro atoms. The minimum Gasteiger partial charge on any atom is -1.00 e. The molecule has 1 heterocycles. The van der Waals surface area contributed by atoms with Gasteiger partial charge in [0.05, 0.1) is 12.3 Å². The number of nitrogens with zero attached hydrogens (tertiary/aromatic N) is 4. The van der Waals surface area contributed by atoms with Crippen LogP contribution in [-0.2, 0) is 6.54 Å². The van der Waals surface area contributed by atoms with Gasteiger partial charge in [0.2, 0.25) is 0 Å². The van der Waals surface area contributed by atoms with E-state index in [1.165, 1.54) is 44.1 Å². The zero-order valence-electron chi connectivity index (χ0n) is 17.8. The van der Waals surface area contributed by atoms with Crippen LogP contribution in [-0.4, -0.2) is 32.9 Å². The molecule has 4 rings (SSSR count). The van der Waals surface area contributed by atoms with Crippen molar-refractivity contribution in [3.8, 4) is 23.2 Å². The second-order valence-electron chi connectivity index (χ2n) is 7.59. The van der Waals surface area contributed by atoms with Crippen molar-refractivity contribution in [2.24, 2.45) is 0 Å². The Morgan fingerprint density at radius 2 is 1.77 bits per heavy atom. The number of tetrazole rings is 1. The lowest BCUT2D eigenvalue weighted by atomic mass is 10.1. The van der Waals surface area contributed by atoms with Crippen molar-refractivity contribution >= 4 is 0 Å². The van der Waals surface area contributed by atoms with Crippen LogP contribution in [0.15, 0.2) is 48.5 Å². The lowest BCUT2D eigenvalue weighted by Gasteiger charge is -2.17. The van der Waals surface area contributed by atoms with E-state index in [4.69, 9.17) is 9.47 Å². The van der Waals surface area contributed by atoms with Gasteiger partial charge >= 0.3 is 6.01 Å². The third-order valence-corrected chi connectivity index (χ3v) is 5.40. The van der Waals surface area contributed by atoms with Crippen molar-refractivity contribution in [2.75, 3.05) is 6.61 Å². The van der Waals surface area contributed by atoms with E-state index in [1.807, 2.05) is 49.4 Å². The minimum absolute atomic E-state index is 0. The topological polar surface area (TPSA) is 74.1 Å². The number of hydrogen-bond donors (Lipinski definition) is 1. The summed E-state index contributed by atoms with van der Waals surface area (Å²) < 4.78 is 13.5. The van der Waals surface area contributed by atoms with Crippen LogP contribution in [0.2, 0.25) is 0 Å². The first-order valence-corrected chi connectivity index (χ1v) is 10.8. The second-order valence-corrected chi connectivity index (χ2v) is 7.59. The van der Waals surface area contributed by atoms with Gasteiger partial charge in [0.1, 0.15) is 0 Å². The van der Waals surface area contributed by atoms with Crippen LogP contribution in [0.3, 0.4) is 0 Å². The van der Waals surface area contributed by atoms with E-state index < -0.39 is 0 Å². The largest absolute Gasteiger partial charge is 1.00 e. The summed E-state index contributed by atoms with van der Waals surface area (Å²) >= 11 is 0. The summed E-state index contributed by atoms with van der Waals surface area (Å²) in [4.78, 5) is 0. The molecule has 1 aromatic heterocycles. The first-order chi connectivity index (χ1) is 14.8. The molecular weight excluding hydrogens is 414 g/mol. The van der Waals surface area contributed by atoms with E-state index >= 15 is 0 Å². The third-order valence-electron chi connectivity index (χ3n) is 5.40. The maximum absolute atomic E-state index is 6.04. The molecule has 1 aliphatic carbocycles. The van der Waals surface area contributed by atoms with Crippen molar-refractivity contribution in [3.63, 3.8) is 0 Å². The SMILES string of the molecule is CCOc1cc(CNC2CCCCCC2)ccc1Oc1nnnn1-c1ccccc1.[Cl-]. The fourth-order valence-electron chi connectivity index (χ4n) is 3.83. The number of halogens is 1. The maximum atomic E-state index is 6.04. The van der Waals surface area contributed by atoms with Gasteiger partial charge < -0.3 is 27.2 Å². The maximum Gasteiger partial charge on any atom is 0.346 e. The van der Waals surface area contributed by atoms with Gasteiger partial charge in [0.25, 0.3) is 0 Å². The normalized spacial score (nSPS) is 14.5. The highest BCUT2D eigenvalue weighted by molar-refractivity contribution is 5.45. The molecule has 7 nitrogen and oxygen atoms in total. The Labute approximate surface area is 189 Å². The third kappa shape index (κ3) is 6.18. The Bertz CT molecular complexity index is 927. The monoisotopic (exact) mass is 442 g/mol. The van der Waals surface area contributed by atoms with Gasteiger partial charge in [0, 0.05) is 12.6 Å². The summed E-state index contributed by atoms with van der Waals surface area (Å²) in [6.45, 7) is 3.35. The Kier molecular flexibility index (Phi) is 8.67. The van der Waals surface area contributed by atoms with Crippen LogP contribution < -0.4 is 27.2 Å². The van der Waals surface area contributed by atoms with Crippen LogP contribution in [0.5, 0.6) is 17.5 Å². The number of ether oxygens (including phenoxy) is 2. The summed E-state index contributed by atoms with van der Waals surface area (Å²) in [5, 5.41) is 15.5. The van der Waals surface area contributed by atoms with E-state index in [-0.39, 0.29) is 12.4 Å². The average molecular weight is 443 g/mol. The summed E-state index contributed by atoms with van der Waals surface area (Å²) in [5.41, 5.74) is 2.01.